The van der Waals surface area contributed by atoms with Crippen molar-refractivity contribution in [3.63, 3.8) is 0 Å². The number of rotatable bonds is 7. The number of aromatic nitrogens is 2. The maximum absolute atomic E-state index is 11.6. The number of nitriles is 1. The summed E-state index contributed by atoms with van der Waals surface area (Å²) in [6.45, 7) is 8.14. The van der Waals surface area contributed by atoms with E-state index in [0.717, 1.165) is 12.1 Å². The molecule has 0 atom stereocenters. The molecule has 0 unspecified atom stereocenters. The van der Waals surface area contributed by atoms with Gasteiger partial charge < -0.3 is 10.1 Å². The molecule has 0 fully saturated rings. The number of hydrogen-bond donors (Lipinski definition) is 1. The summed E-state index contributed by atoms with van der Waals surface area (Å²) < 4.78 is 6.34. The Balaban J connectivity index is 2.73. The largest absolute Gasteiger partial charge is 0.462 e. The van der Waals surface area contributed by atoms with Crippen LogP contribution in [0.3, 0.4) is 0 Å². The summed E-state index contributed by atoms with van der Waals surface area (Å²) in [5.41, 5.74) is 0.962. The van der Waals surface area contributed by atoms with Crippen LogP contribution in [0.15, 0.2) is 30.6 Å². The number of hydrogen-bond acceptors (Lipinski definition) is 5. The van der Waals surface area contributed by atoms with Crippen LogP contribution in [0, 0.1) is 11.3 Å². The Bertz CT molecular complexity index is 552. The van der Waals surface area contributed by atoms with Gasteiger partial charge in [0.25, 0.3) is 0 Å². The number of allylic oxidation sites excluding steroid dienone is 2. The molecule has 0 spiro atoms. The van der Waals surface area contributed by atoms with E-state index >= 15 is 0 Å². The molecule has 1 aromatic rings. The van der Waals surface area contributed by atoms with Gasteiger partial charge >= 0.3 is 5.97 Å². The topological polar surface area (TPSA) is 79.9 Å². The van der Waals surface area contributed by atoms with Crippen molar-refractivity contribution < 1.29 is 9.53 Å². The van der Waals surface area contributed by atoms with Gasteiger partial charge in [-0.3, -0.25) is 4.68 Å². The van der Waals surface area contributed by atoms with Crippen molar-refractivity contribution >= 4 is 5.97 Å². The molecule has 0 aliphatic heterocycles. The molecule has 0 bridgehead atoms. The smallest absolute Gasteiger partial charge is 0.342 e. The standard InChI is InChI=1S/C14H18N4O2/c1-4-6-7-11(3)16-10-18-9-12(13(8-15)17-18)14(19)20-5-2/h6-7,9,16H,3-5,10H2,1-2H3/b7-6-. The second kappa shape index (κ2) is 7.79. The Kier molecular flexibility index (Phi) is 6.04. The number of carbonyl (C=O) groups excluding carboxylic acids is 1. The van der Waals surface area contributed by atoms with Crippen molar-refractivity contribution in [1.29, 1.82) is 5.26 Å². The van der Waals surface area contributed by atoms with Crippen LogP contribution in [0.4, 0.5) is 0 Å². The lowest BCUT2D eigenvalue weighted by Crippen LogP contribution is -2.16. The average molecular weight is 274 g/mol. The van der Waals surface area contributed by atoms with Crippen LogP contribution in [0.5, 0.6) is 0 Å². The van der Waals surface area contributed by atoms with Crippen molar-refractivity contribution in [3.05, 3.63) is 41.9 Å². The molecule has 1 heterocycles. The molecular formula is C14H18N4O2. The molecule has 1 N–H and O–H groups in total. The van der Waals surface area contributed by atoms with E-state index in [1.165, 1.54) is 10.9 Å². The van der Waals surface area contributed by atoms with Gasteiger partial charge in [0.2, 0.25) is 0 Å². The van der Waals surface area contributed by atoms with Crippen LogP contribution < -0.4 is 5.32 Å². The minimum atomic E-state index is -0.542. The van der Waals surface area contributed by atoms with Crippen LogP contribution >= 0.6 is 0 Å². The van der Waals surface area contributed by atoms with E-state index in [4.69, 9.17) is 10.00 Å². The summed E-state index contributed by atoms with van der Waals surface area (Å²) in [6.07, 6.45) is 6.25. The van der Waals surface area contributed by atoms with E-state index in [1.54, 1.807) is 6.92 Å². The van der Waals surface area contributed by atoms with Crippen LogP contribution in [0.25, 0.3) is 0 Å². The zero-order valence-electron chi connectivity index (χ0n) is 11.7. The molecule has 0 amide bonds. The van der Waals surface area contributed by atoms with Crippen LogP contribution in [0.2, 0.25) is 0 Å². The zero-order chi connectivity index (χ0) is 15.0. The second-order valence-corrected chi connectivity index (χ2v) is 3.93. The first-order valence-corrected chi connectivity index (χ1v) is 6.36. The molecule has 6 nitrogen and oxygen atoms in total. The Morgan fingerprint density at radius 3 is 3.00 bits per heavy atom. The quantitative estimate of drug-likeness (QED) is 0.607. The van der Waals surface area contributed by atoms with Crippen molar-refractivity contribution in [2.24, 2.45) is 0 Å². The second-order valence-electron chi connectivity index (χ2n) is 3.93. The summed E-state index contributed by atoms with van der Waals surface area (Å²) >= 11 is 0. The van der Waals surface area contributed by atoms with Crippen LogP contribution in [-0.4, -0.2) is 22.4 Å². The van der Waals surface area contributed by atoms with E-state index in [0.29, 0.717) is 6.67 Å². The fraction of sp³-hybridized carbons (Fsp3) is 0.357. The molecule has 0 aromatic carbocycles. The molecule has 20 heavy (non-hydrogen) atoms. The number of carbonyl (C=O) groups is 1. The molecule has 0 saturated heterocycles. The number of nitrogens with zero attached hydrogens (tertiary/aromatic N) is 3. The lowest BCUT2D eigenvalue weighted by Gasteiger charge is -2.05. The summed E-state index contributed by atoms with van der Waals surface area (Å²) in [6, 6.07) is 1.88. The number of nitrogens with one attached hydrogen (secondary N) is 1. The molecule has 1 rings (SSSR count). The lowest BCUT2D eigenvalue weighted by atomic mass is 10.3. The molecule has 106 valence electrons. The third-order valence-electron chi connectivity index (χ3n) is 2.39. The minimum Gasteiger partial charge on any atom is -0.462 e. The number of esters is 1. The predicted molar refractivity (Wildman–Crippen MR) is 74.6 cm³/mol. The third-order valence-corrected chi connectivity index (χ3v) is 2.39. The minimum absolute atomic E-state index is 0.0555. The van der Waals surface area contributed by atoms with Crippen molar-refractivity contribution in [3.8, 4) is 6.07 Å². The van der Waals surface area contributed by atoms with Crippen LogP contribution in [-0.2, 0) is 11.4 Å². The van der Waals surface area contributed by atoms with E-state index in [9.17, 15) is 4.79 Å². The van der Waals surface area contributed by atoms with E-state index < -0.39 is 5.97 Å². The zero-order valence-corrected chi connectivity index (χ0v) is 11.7. The van der Waals surface area contributed by atoms with E-state index in [1.807, 2.05) is 25.1 Å². The molecule has 6 heteroatoms. The summed E-state index contributed by atoms with van der Waals surface area (Å²) in [7, 11) is 0. The monoisotopic (exact) mass is 274 g/mol. The van der Waals surface area contributed by atoms with E-state index in [-0.39, 0.29) is 17.9 Å². The first-order chi connectivity index (χ1) is 9.62. The SMILES string of the molecule is C=C(/C=C\CC)NCn1cc(C(=O)OCC)c(C#N)n1. The predicted octanol–water partition coefficient (Wildman–Crippen LogP) is 1.96. The highest BCUT2D eigenvalue weighted by atomic mass is 16.5. The van der Waals surface area contributed by atoms with Gasteiger partial charge in [0, 0.05) is 11.9 Å². The average Bonchev–Trinajstić information content (AvgIpc) is 2.86. The summed E-state index contributed by atoms with van der Waals surface area (Å²) in [5.74, 6) is -0.542. The maximum Gasteiger partial charge on any atom is 0.342 e. The maximum atomic E-state index is 11.6. The van der Waals surface area contributed by atoms with Gasteiger partial charge in [0.15, 0.2) is 5.69 Å². The molecule has 0 aliphatic rings. The normalized spacial score (nSPS) is 10.2. The van der Waals surface area contributed by atoms with Gasteiger partial charge in [-0.05, 0) is 19.4 Å². The molecular weight excluding hydrogens is 256 g/mol. The highest BCUT2D eigenvalue weighted by molar-refractivity contribution is 5.91. The fourth-order valence-electron chi connectivity index (χ4n) is 1.44. The van der Waals surface area contributed by atoms with Crippen molar-refractivity contribution in [2.75, 3.05) is 6.61 Å². The Hall–Kier alpha value is -2.55. The molecule has 1 aromatic heterocycles. The first kappa shape index (κ1) is 15.5. The Morgan fingerprint density at radius 2 is 2.40 bits per heavy atom. The summed E-state index contributed by atoms with van der Waals surface area (Å²) in [4.78, 5) is 11.6. The van der Waals surface area contributed by atoms with Gasteiger partial charge in [0.05, 0.1) is 6.61 Å². The first-order valence-electron chi connectivity index (χ1n) is 6.36. The summed E-state index contributed by atoms with van der Waals surface area (Å²) in [5, 5.41) is 16.0. The molecule has 0 aliphatic carbocycles. The van der Waals surface area contributed by atoms with Gasteiger partial charge in [-0.15, -0.1) is 0 Å². The molecule has 0 radical (unpaired) electrons. The highest BCUT2D eigenvalue weighted by Gasteiger charge is 2.17. The van der Waals surface area contributed by atoms with Gasteiger partial charge in [-0.2, -0.15) is 10.4 Å². The van der Waals surface area contributed by atoms with Gasteiger partial charge in [-0.25, -0.2) is 4.79 Å². The van der Waals surface area contributed by atoms with Gasteiger partial charge in [0.1, 0.15) is 18.3 Å². The third kappa shape index (κ3) is 4.28. The highest BCUT2D eigenvalue weighted by Crippen LogP contribution is 2.07. The Morgan fingerprint density at radius 1 is 1.65 bits per heavy atom. The van der Waals surface area contributed by atoms with Crippen molar-refractivity contribution in [1.82, 2.24) is 15.1 Å². The Labute approximate surface area is 118 Å². The van der Waals surface area contributed by atoms with Crippen molar-refractivity contribution in [2.45, 2.75) is 26.9 Å². The van der Waals surface area contributed by atoms with Gasteiger partial charge in [-0.1, -0.05) is 19.6 Å². The lowest BCUT2D eigenvalue weighted by molar-refractivity contribution is 0.0526. The van der Waals surface area contributed by atoms with Crippen LogP contribution in [0.1, 0.15) is 36.3 Å². The number of ether oxygens (including phenoxy) is 1. The fourth-order valence-corrected chi connectivity index (χ4v) is 1.44. The van der Waals surface area contributed by atoms with E-state index in [2.05, 4.69) is 17.0 Å². The molecule has 0 saturated carbocycles.